The predicted octanol–water partition coefficient (Wildman–Crippen LogP) is 1.05. The summed E-state index contributed by atoms with van der Waals surface area (Å²) in [6, 6.07) is 9.11. The van der Waals surface area contributed by atoms with Crippen LogP contribution in [-0.2, 0) is 6.54 Å². The van der Waals surface area contributed by atoms with E-state index in [1.54, 1.807) is 0 Å². The first-order valence-electron chi connectivity index (χ1n) is 4.37. The minimum atomic E-state index is 0.506. The molecule has 0 amide bonds. The van der Waals surface area contributed by atoms with Gasteiger partial charge in [0.2, 0.25) is 0 Å². The van der Waals surface area contributed by atoms with Crippen molar-refractivity contribution in [2.75, 3.05) is 13.6 Å². The van der Waals surface area contributed by atoms with Crippen LogP contribution in [0.3, 0.4) is 0 Å². The van der Waals surface area contributed by atoms with Crippen molar-refractivity contribution in [2.24, 2.45) is 0 Å². The Balaban J connectivity index is 2.24. The molecular weight excluding hydrogens is 148 g/mol. The predicted molar refractivity (Wildman–Crippen MR) is 49.9 cm³/mol. The van der Waals surface area contributed by atoms with Gasteiger partial charge in [-0.3, -0.25) is 0 Å². The van der Waals surface area contributed by atoms with Crippen molar-refractivity contribution >= 4 is 0 Å². The number of hydrogen-bond acceptors (Lipinski definition) is 2. The van der Waals surface area contributed by atoms with Gasteiger partial charge < -0.3 is 10.6 Å². The van der Waals surface area contributed by atoms with Gasteiger partial charge in [-0.05, 0) is 18.2 Å². The fourth-order valence-corrected chi connectivity index (χ4v) is 1.76. The van der Waals surface area contributed by atoms with Crippen molar-refractivity contribution in [1.29, 1.82) is 0 Å². The SMILES string of the molecule is CNCC1NCc2ccccc21. The van der Waals surface area contributed by atoms with Crippen molar-refractivity contribution in [3.8, 4) is 0 Å². The molecule has 0 spiro atoms. The van der Waals surface area contributed by atoms with Gasteiger partial charge >= 0.3 is 0 Å². The minimum Gasteiger partial charge on any atom is -0.318 e. The molecule has 0 fully saturated rings. The van der Waals surface area contributed by atoms with E-state index in [-0.39, 0.29) is 0 Å². The van der Waals surface area contributed by atoms with Gasteiger partial charge in [-0.25, -0.2) is 0 Å². The molecule has 0 saturated heterocycles. The molecular formula is C10H14N2. The highest BCUT2D eigenvalue weighted by Gasteiger charge is 2.19. The average molecular weight is 162 g/mol. The van der Waals surface area contributed by atoms with Crippen LogP contribution in [0.5, 0.6) is 0 Å². The number of nitrogens with one attached hydrogen (secondary N) is 2. The van der Waals surface area contributed by atoms with E-state index in [0.717, 1.165) is 13.1 Å². The molecule has 2 heteroatoms. The lowest BCUT2D eigenvalue weighted by Gasteiger charge is -2.10. The van der Waals surface area contributed by atoms with Crippen LogP contribution in [0, 0.1) is 0 Å². The Morgan fingerprint density at radius 2 is 2.33 bits per heavy atom. The third kappa shape index (κ3) is 1.24. The van der Waals surface area contributed by atoms with E-state index in [9.17, 15) is 0 Å². The molecule has 12 heavy (non-hydrogen) atoms. The van der Waals surface area contributed by atoms with Crippen LogP contribution in [0.4, 0.5) is 0 Å². The molecule has 0 radical (unpaired) electrons. The Morgan fingerprint density at radius 3 is 3.17 bits per heavy atom. The maximum Gasteiger partial charge on any atom is 0.0452 e. The molecule has 0 bridgehead atoms. The van der Waals surface area contributed by atoms with E-state index >= 15 is 0 Å². The van der Waals surface area contributed by atoms with Gasteiger partial charge in [0.15, 0.2) is 0 Å². The zero-order valence-corrected chi connectivity index (χ0v) is 7.30. The molecule has 0 aliphatic carbocycles. The Labute approximate surface area is 73.0 Å². The fourth-order valence-electron chi connectivity index (χ4n) is 1.76. The second-order valence-corrected chi connectivity index (χ2v) is 3.19. The molecule has 1 aromatic carbocycles. The van der Waals surface area contributed by atoms with Crippen LogP contribution in [0.2, 0.25) is 0 Å². The molecule has 1 aromatic rings. The normalized spacial score (nSPS) is 20.9. The van der Waals surface area contributed by atoms with Gasteiger partial charge in [0.25, 0.3) is 0 Å². The highest BCUT2D eigenvalue weighted by molar-refractivity contribution is 5.33. The first kappa shape index (κ1) is 7.77. The van der Waals surface area contributed by atoms with Crippen LogP contribution in [0.1, 0.15) is 17.2 Å². The summed E-state index contributed by atoms with van der Waals surface area (Å²) < 4.78 is 0. The van der Waals surface area contributed by atoms with E-state index in [1.165, 1.54) is 11.1 Å². The zero-order chi connectivity index (χ0) is 8.39. The molecule has 64 valence electrons. The quantitative estimate of drug-likeness (QED) is 0.679. The summed E-state index contributed by atoms with van der Waals surface area (Å²) in [7, 11) is 1.99. The van der Waals surface area contributed by atoms with Gasteiger partial charge in [0, 0.05) is 19.1 Å². The zero-order valence-electron chi connectivity index (χ0n) is 7.30. The van der Waals surface area contributed by atoms with Crippen molar-refractivity contribution in [1.82, 2.24) is 10.6 Å². The number of fused-ring (bicyclic) bond motifs is 1. The Hall–Kier alpha value is -0.860. The standard InChI is InChI=1S/C10H14N2/c1-11-7-10-9-5-3-2-4-8(9)6-12-10/h2-5,10-12H,6-7H2,1H3. The van der Waals surface area contributed by atoms with Crippen molar-refractivity contribution in [3.63, 3.8) is 0 Å². The number of hydrogen-bond donors (Lipinski definition) is 2. The Kier molecular flexibility index (Phi) is 2.11. The first-order chi connectivity index (χ1) is 5.92. The third-order valence-corrected chi connectivity index (χ3v) is 2.38. The summed E-state index contributed by atoms with van der Waals surface area (Å²) >= 11 is 0. The molecule has 2 rings (SSSR count). The lowest BCUT2D eigenvalue weighted by molar-refractivity contribution is 0.551. The van der Waals surface area contributed by atoms with Crippen molar-refractivity contribution in [3.05, 3.63) is 35.4 Å². The molecule has 2 nitrogen and oxygen atoms in total. The summed E-state index contributed by atoms with van der Waals surface area (Å²) in [5, 5.41) is 6.65. The van der Waals surface area contributed by atoms with Crippen LogP contribution < -0.4 is 10.6 Å². The monoisotopic (exact) mass is 162 g/mol. The van der Waals surface area contributed by atoms with Gasteiger partial charge in [0.1, 0.15) is 0 Å². The number of rotatable bonds is 2. The summed E-state index contributed by atoms with van der Waals surface area (Å²) in [5.74, 6) is 0. The van der Waals surface area contributed by atoms with E-state index in [2.05, 4.69) is 34.9 Å². The van der Waals surface area contributed by atoms with Crippen LogP contribution in [0.25, 0.3) is 0 Å². The minimum absolute atomic E-state index is 0.506. The molecule has 1 aliphatic rings. The van der Waals surface area contributed by atoms with Gasteiger partial charge in [-0.15, -0.1) is 0 Å². The number of likely N-dealkylation sites (N-methyl/N-ethyl adjacent to an activating group) is 1. The summed E-state index contributed by atoms with van der Waals surface area (Å²) in [5.41, 5.74) is 2.89. The molecule has 1 atom stereocenters. The van der Waals surface area contributed by atoms with Gasteiger partial charge in [-0.2, -0.15) is 0 Å². The smallest absolute Gasteiger partial charge is 0.0452 e. The van der Waals surface area contributed by atoms with E-state index < -0.39 is 0 Å². The lowest BCUT2D eigenvalue weighted by atomic mass is 10.1. The molecule has 0 saturated carbocycles. The van der Waals surface area contributed by atoms with Crippen LogP contribution >= 0.6 is 0 Å². The van der Waals surface area contributed by atoms with Crippen molar-refractivity contribution < 1.29 is 0 Å². The van der Waals surface area contributed by atoms with Gasteiger partial charge in [0.05, 0.1) is 0 Å². The van der Waals surface area contributed by atoms with Crippen molar-refractivity contribution in [2.45, 2.75) is 12.6 Å². The molecule has 0 aromatic heterocycles. The number of benzene rings is 1. The maximum atomic E-state index is 3.46. The summed E-state index contributed by atoms with van der Waals surface area (Å²) in [6.07, 6.45) is 0. The van der Waals surface area contributed by atoms with E-state index in [1.807, 2.05) is 7.05 Å². The second kappa shape index (κ2) is 3.25. The van der Waals surface area contributed by atoms with Crippen LogP contribution in [0.15, 0.2) is 24.3 Å². The summed E-state index contributed by atoms with van der Waals surface area (Å²) in [4.78, 5) is 0. The highest BCUT2D eigenvalue weighted by Crippen LogP contribution is 2.23. The third-order valence-electron chi connectivity index (χ3n) is 2.38. The van der Waals surface area contributed by atoms with Crippen LogP contribution in [-0.4, -0.2) is 13.6 Å². The molecule has 1 unspecified atom stereocenters. The molecule has 1 aliphatic heterocycles. The largest absolute Gasteiger partial charge is 0.318 e. The Morgan fingerprint density at radius 1 is 1.50 bits per heavy atom. The first-order valence-corrected chi connectivity index (χ1v) is 4.37. The summed E-state index contributed by atoms with van der Waals surface area (Å²) in [6.45, 7) is 2.03. The topological polar surface area (TPSA) is 24.1 Å². The van der Waals surface area contributed by atoms with E-state index in [4.69, 9.17) is 0 Å². The fraction of sp³-hybridized carbons (Fsp3) is 0.400. The lowest BCUT2D eigenvalue weighted by Crippen LogP contribution is -2.24. The molecule has 2 N–H and O–H groups in total. The Bertz CT molecular complexity index is 268. The maximum absolute atomic E-state index is 3.46. The molecule has 1 heterocycles. The van der Waals surface area contributed by atoms with Gasteiger partial charge in [-0.1, -0.05) is 24.3 Å². The average Bonchev–Trinajstić information content (AvgIpc) is 2.50. The van der Waals surface area contributed by atoms with E-state index in [0.29, 0.717) is 6.04 Å². The second-order valence-electron chi connectivity index (χ2n) is 3.19. The highest BCUT2D eigenvalue weighted by atomic mass is 15.0.